The van der Waals surface area contributed by atoms with E-state index in [0.717, 1.165) is 16.7 Å². The maximum atomic E-state index is 6.20. The lowest BCUT2D eigenvalue weighted by Gasteiger charge is -2.12. The van der Waals surface area contributed by atoms with Crippen LogP contribution in [0.2, 0.25) is 5.02 Å². The maximum Gasteiger partial charge on any atom is 0.184 e. The van der Waals surface area contributed by atoms with Gasteiger partial charge in [-0.3, -0.25) is 0 Å². The molecule has 0 saturated carbocycles. The zero-order chi connectivity index (χ0) is 20.8. The Morgan fingerprint density at radius 1 is 1.00 bits per heavy atom. The van der Waals surface area contributed by atoms with Crippen molar-refractivity contribution in [2.45, 2.75) is 6.61 Å². The van der Waals surface area contributed by atoms with E-state index in [1.165, 1.54) is 0 Å². The fraction of sp³-hybridized carbons (Fsp3) is 0.0870. The van der Waals surface area contributed by atoms with Crippen LogP contribution in [0.25, 0.3) is 11.4 Å². The number of benzene rings is 3. The lowest BCUT2D eigenvalue weighted by molar-refractivity contribution is 0.284. The molecule has 150 valence electrons. The highest BCUT2D eigenvalue weighted by atomic mass is 35.5. The summed E-state index contributed by atoms with van der Waals surface area (Å²) in [5.41, 5.74) is 2.70. The van der Waals surface area contributed by atoms with Crippen LogP contribution in [0.15, 0.2) is 84.2 Å². The second-order valence-electron chi connectivity index (χ2n) is 6.40. The molecule has 1 aromatic heterocycles. The van der Waals surface area contributed by atoms with E-state index in [0.29, 0.717) is 29.0 Å². The number of hydrogen-bond donors (Lipinski definition) is 0. The van der Waals surface area contributed by atoms with Gasteiger partial charge in [0.15, 0.2) is 17.3 Å². The third-order valence-electron chi connectivity index (χ3n) is 4.42. The molecule has 0 aliphatic heterocycles. The molecule has 0 aliphatic carbocycles. The van der Waals surface area contributed by atoms with Crippen LogP contribution in [-0.2, 0) is 6.61 Å². The largest absolute Gasteiger partial charge is 0.493 e. The lowest BCUT2D eigenvalue weighted by Crippen LogP contribution is -1.99. The fourth-order valence-corrected chi connectivity index (χ4v) is 3.07. The van der Waals surface area contributed by atoms with Gasteiger partial charge >= 0.3 is 0 Å². The number of hydrogen-bond acceptors (Lipinski definition) is 5. The molecule has 0 saturated heterocycles. The van der Waals surface area contributed by atoms with Gasteiger partial charge < -0.3 is 9.47 Å². The molecule has 4 rings (SSSR count). The van der Waals surface area contributed by atoms with Crippen LogP contribution in [0, 0.1) is 0 Å². The molecule has 30 heavy (non-hydrogen) atoms. The summed E-state index contributed by atoms with van der Waals surface area (Å²) < 4.78 is 13.0. The third kappa shape index (κ3) is 4.50. The zero-order valence-corrected chi connectivity index (χ0v) is 17.0. The molecule has 0 N–H and O–H groups in total. The van der Waals surface area contributed by atoms with Gasteiger partial charge in [-0.05, 0) is 29.8 Å². The molecule has 0 aliphatic rings. The van der Waals surface area contributed by atoms with Crippen LogP contribution in [0.5, 0.6) is 11.5 Å². The van der Waals surface area contributed by atoms with Crippen LogP contribution in [0.4, 0.5) is 0 Å². The molecule has 0 fully saturated rings. The molecule has 0 bridgehead atoms. The number of aromatic nitrogens is 3. The monoisotopic (exact) mass is 418 g/mol. The minimum absolute atomic E-state index is 0.352. The van der Waals surface area contributed by atoms with E-state index in [1.54, 1.807) is 24.3 Å². The first-order valence-electron chi connectivity index (χ1n) is 9.28. The number of rotatable bonds is 7. The molecule has 6 nitrogen and oxygen atoms in total. The topological polar surface area (TPSA) is 61.5 Å². The summed E-state index contributed by atoms with van der Waals surface area (Å²) >= 11 is 6.20. The highest BCUT2D eigenvalue weighted by Crippen LogP contribution is 2.29. The van der Waals surface area contributed by atoms with E-state index in [9.17, 15) is 0 Å². The Labute approximate surface area is 179 Å². The zero-order valence-electron chi connectivity index (χ0n) is 16.3. The summed E-state index contributed by atoms with van der Waals surface area (Å²) in [5, 5.41) is 13.3. The van der Waals surface area contributed by atoms with Gasteiger partial charge in [0.2, 0.25) is 0 Å². The van der Waals surface area contributed by atoms with Gasteiger partial charge in [0.1, 0.15) is 12.9 Å². The van der Waals surface area contributed by atoms with Gasteiger partial charge in [0, 0.05) is 16.1 Å². The van der Waals surface area contributed by atoms with Gasteiger partial charge in [-0.2, -0.15) is 9.78 Å². The van der Waals surface area contributed by atoms with Crippen molar-refractivity contribution in [3.63, 3.8) is 0 Å². The highest BCUT2D eigenvalue weighted by Gasteiger charge is 2.08. The molecule has 0 atom stereocenters. The van der Waals surface area contributed by atoms with Crippen molar-refractivity contribution >= 4 is 17.8 Å². The first kappa shape index (κ1) is 19.7. The second kappa shape index (κ2) is 9.24. The van der Waals surface area contributed by atoms with Gasteiger partial charge in [-0.15, -0.1) is 10.2 Å². The standard InChI is InChI=1S/C23H19ClN4O2/c1-29-22-13-17(11-12-21(22)30-15-19-9-5-6-10-20(19)24)14-26-28-16-25-27-23(28)18-7-3-2-4-8-18/h2-14,16H,15H2,1H3/b26-14-. The van der Waals surface area contributed by atoms with Crippen molar-refractivity contribution < 1.29 is 9.47 Å². The molecule has 1 heterocycles. The first-order chi connectivity index (χ1) is 14.7. The van der Waals surface area contributed by atoms with Gasteiger partial charge in [0.05, 0.1) is 13.3 Å². The Morgan fingerprint density at radius 2 is 1.80 bits per heavy atom. The molecule has 0 amide bonds. The molecule has 7 heteroatoms. The summed E-state index contributed by atoms with van der Waals surface area (Å²) in [6, 6.07) is 23.0. The summed E-state index contributed by atoms with van der Waals surface area (Å²) in [6.07, 6.45) is 3.29. The van der Waals surface area contributed by atoms with E-state index in [-0.39, 0.29) is 0 Å². The van der Waals surface area contributed by atoms with Crippen LogP contribution in [0.1, 0.15) is 11.1 Å². The van der Waals surface area contributed by atoms with Crippen molar-refractivity contribution in [3.05, 3.63) is 95.3 Å². The Balaban J connectivity index is 1.51. The second-order valence-corrected chi connectivity index (χ2v) is 6.81. The number of methoxy groups -OCH3 is 1. The van der Waals surface area contributed by atoms with Gasteiger partial charge in [-0.25, -0.2) is 0 Å². The number of ether oxygens (including phenoxy) is 2. The van der Waals surface area contributed by atoms with Crippen molar-refractivity contribution in [1.82, 2.24) is 14.9 Å². The minimum Gasteiger partial charge on any atom is -0.493 e. The summed E-state index contributed by atoms with van der Waals surface area (Å²) in [5.74, 6) is 1.90. The summed E-state index contributed by atoms with van der Waals surface area (Å²) in [6.45, 7) is 0.352. The SMILES string of the molecule is COc1cc(/C=N\n2cnnc2-c2ccccc2)ccc1OCc1ccccc1Cl. The third-order valence-corrected chi connectivity index (χ3v) is 4.79. The molecular weight excluding hydrogens is 400 g/mol. The van der Waals surface area contributed by atoms with Crippen LogP contribution in [-0.4, -0.2) is 28.2 Å². The molecule has 0 radical (unpaired) electrons. The average molecular weight is 419 g/mol. The molecule has 3 aromatic carbocycles. The minimum atomic E-state index is 0.352. The van der Waals surface area contributed by atoms with Crippen molar-refractivity contribution in [3.8, 4) is 22.9 Å². The van der Waals surface area contributed by atoms with Crippen LogP contribution < -0.4 is 9.47 Å². The molecule has 0 unspecified atom stereocenters. The predicted molar refractivity (Wildman–Crippen MR) is 117 cm³/mol. The average Bonchev–Trinajstić information content (AvgIpc) is 3.26. The van der Waals surface area contributed by atoms with E-state index in [4.69, 9.17) is 21.1 Å². The van der Waals surface area contributed by atoms with E-state index in [1.807, 2.05) is 72.8 Å². The molecular formula is C23H19ClN4O2. The maximum absolute atomic E-state index is 6.20. The predicted octanol–water partition coefficient (Wildman–Crippen LogP) is 5.07. The first-order valence-corrected chi connectivity index (χ1v) is 9.66. The van der Waals surface area contributed by atoms with Crippen LogP contribution >= 0.6 is 11.6 Å². The van der Waals surface area contributed by atoms with Gasteiger partial charge in [-0.1, -0.05) is 60.1 Å². The lowest BCUT2D eigenvalue weighted by atomic mass is 10.2. The van der Waals surface area contributed by atoms with E-state index >= 15 is 0 Å². The van der Waals surface area contributed by atoms with E-state index in [2.05, 4.69) is 15.3 Å². The Morgan fingerprint density at radius 3 is 2.60 bits per heavy atom. The molecule has 0 spiro atoms. The van der Waals surface area contributed by atoms with Crippen molar-refractivity contribution in [2.75, 3.05) is 7.11 Å². The smallest absolute Gasteiger partial charge is 0.184 e. The highest BCUT2D eigenvalue weighted by molar-refractivity contribution is 6.31. The number of nitrogens with zero attached hydrogens (tertiary/aromatic N) is 4. The quantitative estimate of drug-likeness (QED) is 0.393. The summed E-state index contributed by atoms with van der Waals surface area (Å²) in [4.78, 5) is 0. The number of halogens is 1. The Bertz CT molecular complexity index is 1160. The van der Waals surface area contributed by atoms with E-state index < -0.39 is 0 Å². The van der Waals surface area contributed by atoms with Crippen LogP contribution in [0.3, 0.4) is 0 Å². The Hall–Kier alpha value is -3.64. The fourth-order valence-electron chi connectivity index (χ4n) is 2.88. The van der Waals surface area contributed by atoms with Crippen molar-refractivity contribution in [1.29, 1.82) is 0 Å². The normalized spacial score (nSPS) is 11.0. The van der Waals surface area contributed by atoms with Crippen molar-refractivity contribution in [2.24, 2.45) is 5.10 Å². The summed E-state index contributed by atoms with van der Waals surface area (Å²) in [7, 11) is 1.60. The van der Waals surface area contributed by atoms with Gasteiger partial charge in [0.25, 0.3) is 0 Å². The molecule has 4 aromatic rings. The Kier molecular flexibility index (Phi) is 6.06.